The maximum atomic E-state index is 13.4. The Balaban J connectivity index is 1.53. The summed E-state index contributed by atoms with van der Waals surface area (Å²) in [6.45, 7) is 2.13. The second kappa shape index (κ2) is 11.4. The first-order valence-electron chi connectivity index (χ1n) is 11.8. The molecule has 1 aliphatic rings. The number of hydrogen-bond acceptors (Lipinski definition) is 6. The molecule has 4 rings (SSSR count). The largest absolute Gasteiger partial charge is 0.497 e. The smallest absolute Gasteiger partial charge is 0.338 e. The van der Waals surface area contributed by atoms with E-state index < -0.39 is 29.9 Å². The fraction of sp³-hybridized carbons (Fsp3) is 0.214. The highest BCUT2D eigenvalue weighted by molar-refractivity contribution is 6.22. The molecular weight excluding hydrogens is 474 g/mol. The fourth-order valence-electron chi connectivity index (χ4n) is 4.05. The molecule has 37 heavy (non-hydrogen) atoms. The maximum absolute atomic E-state index is 13.4. The van der Waals surface area contributed by atoms with Gasteiger partial charge in [-0.05, 0) is 61.0 Å². The number of benzene rings is 3. The number of hydrogen-bond donors (Lipinski definition) is 1. The van der Waals surface area contributed by atoms with E-state index in [0.717, 1.165) is 10.5 Å². The molecule has 0 saturated carbocycles. The number of esters is 1. The van der Waals surface area contributed by atoms with Crippen LogP contribution in [0.5, 0.6) is 5.75 Å². The van der Waals surface area contributed by atoms with Gasteiger partial charge in [-0.3, -0.25) is 9.59 Å². The summed E-state index contributed by atoms with van der Waals surface area (Å²) in [4.78, 5) is 54.1. The van der Waals surface area contributed by atoms with Gasteiger partial charge in [-0.2, -0.15) is 0 Å². The van der Waals surface area contributed by atoms with E-state index in [4.69, 9.17) is 9.47 Å². The van der Waals surface area contributed by atoms with Gasteiger partial charge in [-0.1, -0.05) is 30.3 Å². The second-order valence-electron chi connectivity index (χ2n) is 8.33. The molecule has 190 valence electrons. The topological polar surface area (TPSA) is 105 Å². The minimum atomic E-state index is -0.992. The summed E-state index contributed by atoms with van der Waals surface area (Å²) in [5.74, 6) is -0.698. The van der Waals surface area contributed by atoms with Crippen LogP contribution in [0.3, 0.4) is 0 Å². The van der Waals surface area contributed by atoms with E-state index in [1.807, 2.05) is 12.1 Å². The Labute approximate surface area is 214 Å². The predicted octanol–water partition coefficient (Wildman–Crippen LogP) is 4.24. The van der Waals surface area contributed by atoms with Crippen LogP contribution in [0.4, 0.5) is 16.2 Å². The van der Waals surface area contributed by atoms with Crippen molar-refractivity contribution in [3.63, 3.8) is 0 Å². The van der Waals surface area contributed by atoms with Crippen molar-refractivity contribution in [1.82, 2.24) is 4.90 Å². The first kappa shape index (κ1) is 25.4. The number of imide groups is 1. The number of ether oxygens (including phenoxy) is 2. The molecule has 0 spiro atoms. The van der Waals surface area contributed by atoms with Crippen molar-refractivity contribution in [3.05, 3.63) is 90.0 Å². The van der Waals surface area contributed by atoms with Crippen LogP contribution in [-0.4, -0.2) is 48.5 Å². The van der Waals surface area contributed by atoms with E-state index in [0.29, 0.717) is 22.7 Å². The molecular formula is C28H27N3O6. The van der Waals surface area contributed by atoms with Crippen LogP contribution in [0.25, 0.3) is 0 Å². The number of nitrogens with one attached hydrogen (secondary N) is 1. The number of anilines is 2. The van der Waals surface area contributed by atoms with Gasteiger partial charge in [-0.15, -0.1) is 0 Å². The summed E-state index contributed by atoms with van der Waals surface area (Å²) in [6.07, 6.45) is -0.232. The van der Waals surface area contributed by atoms with Crippen molar-refractivity contribution in [2.45, 2.75) is 25.9 Å². The Morgan fingerprint density at radius 1 is 0.919 bits per heavy atom. The monoisotopic (exact) mass is 501 g/mol. The van der Waals surface area contributed by atoms with Gasteiger partial charge < -0.3 is 19.7 Å². The Kier molecular flexibility index (Phi) is 7.83. The highest BCUT2D eigenvalue weighted by Gasteiger charge is 2.46. The van der Waals surface area contributed by atoms with Gasteiger partial charge in [0.2, 0.25) is 5.91 Å². The zero-order valence-electron chi connectivity index (χ0n) is 20.5. The maximum Gasteiger partial charge on any atom is 0.338 e. The Morgan fingerprint density at radius 2 is 1.59 bits per heavy atom. The predicted molar refractivity (Wildman–Crippen MR) is 137 cm³/mol. The van der Waals surface area contributed by atoms with Crippen molar-refractivity contribution >= 4 is 35.2 Å². The summed E-state index contributed by atoms with van der Waals surface area (Å²) < 4.78 is 10.2. The quantitative estimate of drug-likeness (QED) is 0.347. The van der Waals surface area contributed by atoms with Gasteiger partial charge in [0.15, 0.2) is 0 Å². The standard InChI is InChI=1S/C28H27N3O6/c1-3-37-27(34)20-11-13-21(14-12-20)29-25(32)17-24-26(33)31(22-7-5-4-6-8-22)28(35)30(24)18-19-9-15-23(36-2)16-10-19/h4-16,24H,3,17-18H2,1-2H3,(H,29,32)/t24-/m0/s1. The first-order chi connectivity index (χ1) is 17.9. The highest BCUT2D eigenvalue weighted by Crippen LogP contribution is 2.29. The van der Waals surface area contributed by atoms with E-state index in [1.165, 1.54) is 4.90 Å². The van der Waals surface area contributed by atoms with Crippen LogP contribution in [0.2, 0.25) is 0 Å². The number of amides is 4. The van der Waals surface area contributed by atoms with E-state index in [1.54, 1.807) is 80.8 Å². The lowest BCUT2D eigenvalue weighted by molar-refractivity contribution is -0.124. The third kappa shape index (κ3) is 5.78. The van der Waals surface area contributed by atoms with Crippen molar-refractivity contribution in [3.8, 4) is 5.75 Å². The fourth-order valence-corrected chi connectivity index (χ4v) is 4.05. The second-order valence-corrected chi connectivity index (χ2v) is 8.33. The molecule has 4 amide bonds. The number of nitrogens with zero attached hydrogens (tertiary/aromatic N) is 2. The van der Waals surface area contributed by atoms with E-state index in [2.05, 4.69) is 5.32 Å². The minimum absolute atomic E-state index is 0.143. The van der Waals surface area contributed by atoms with Gasteiger partial charge in [0.25, 0.3) is 5.91 Å². The molecule has 9 nitrogen and oxygen atoms in total. The van der Waals surface area contributed by atoms with Crippen LogP contribution < -0.4 is 15.0 Å². The van der Waals surface area contributed by atoms with Crippen LogP contribution in [-0.2, 0) is 20.9 Å². The molecule has 1 N–H and O–H groups in total. The molecule has 0 aromatic heterocycles. The Morgan fingerprint density at radius 3 is 2.22 bits per heavy atom. The average Bonchev–Trinajstić information content (AvgIpc) is 3.14. The zero-order valence-corrected chi connectivity index (χ0v) is 20.5. The van der Waals surface area contributed by atoms with Crippen LogP contribution in [0.15, 0.2) is 78.9 Å². The van der Waals surface area contributed by atoms with Gasteiger partial charge in [-0.25, -0.2) is 14.5 Å². The molecule has 3 aromatic carbocycles. The molecule has 1 aliphatic heterocycles. The van der Waals surface area contributed by atoms with Crippen molar-refractivity contribution in [2.24, 2.45) is 0 Å². The number of carbonyl (C=O) groups excluding carboxylic acids is 4. The molecule has 0 bridgehead atoms. The molecule has 1 fully saturated rings. The number of methoxy groups -OCH3 is 1. The minimum Gasteiger partial charge on any atom is -0.497 e. The molecule has 0 radical (unpaired) electrons. The van der Waals surface area contributed by atoms with Crippen LogP contribution in [0.1, 0.15) is 29.3 Å². The lowest BCUT2D eigenvalue weighted by Crippen LogP contribution is -2.37. The molecule has 1 atom stereocenters. The van der Waals surface area contributed by atoms with Gasteiger partial charge in [0.05, 0.1) is 31.4 Å². The van der Waals surface area contributed by atoms with Gasteiger partial charge in [0.1, 0.15) is 11.8 Å². The molecule has 0 unspecified atom stereocenters. The normalized spacial score (nSPS) is 15.0. The van der Waals surface area contributed by atoms with Crippen LogP contribution >= 0.6 is 0 Å². The lowest BCUT2D eigenvalue weighted by atomic mass is 10.1. The highest BCUT2D eigenvalue weighted by atomic mass is 16.5. The first-order valence-corrected chi connectivity index (χ1v) is 11.8. The van der Waals surface area contributed by atoms with Crippen LogP contribution in [0, 0.1) is 0 Å². The van der Waals surface area contributed by atoms with Crippen molar-refractivity contribution in [2.75, 3.05) is 23.9 Å². The molecule has 0 aliphatic carbocycles. The van der Waals surface area contributed by atoms with E-state index in [-0.39, 0.29) is 19.6 Å². The van der Waals surface area contributed by atoms with Gasteiger partial charge in [0, 0.05) is 12.2 Å². The summed E-state index contributed by atoms with van der Waals surface area (Å²) >= 11 is 0. The average molecular weight is 502 g/mol. The molecule has 1 heterocycles. The summed E-state index contributed by atoms with van der Waals surface area (Å²) in [5, 5.41) is 2.74. The molecule has 1 saturated heterocycles. The summed E-state index contributed by atoms with van der Waals surface area (Å²) in [5.41, 5.74) is 2.04. The summed E-state index contributed by atoms with van der Waals surface area (Å²) in [7, 11) is 1.56. The van der Waals surface area contributed by atoms with Gasteiger partial charge >= 0.3 is 12.0 Å². The Hall–Kier alpha value is -4.66. The van der Waals surface area contributed by atoms with Crippen molar-refractivity contribution in [1.29, 1.82) is 0 Å². The number of para-hydroxylation sites is 1. The SMILES string of the molecule is CCOC(=O)c1ccc(NC(=O)C[C@H]2C(=O)N(c3ccccc3)C(=O)N2Cc2ccc(OC)cc2)cc1. The third-order valence-corrected chi connectivity index (χ3v) is 5.90. The van der Waals surface area contributed by atoms with E-state index in [9.17, 15) is 19.2 Å². The molecule has 9 heteroatoms. The molecule has 3 aromatic rings. The summed E-state index contributed by atoms with van der Waals surface area (Å²) in [6, 6.07) is 20.6. The number of carbonyl (C=O) groups is 4. The third-order valence-electron chi connectivity index (χ3n) is 5.90. The lowest BCUT2D eigenvalue weighted by Gasteiger charge is -2.22. The van der Waals surface area contributed by atoms with E-state index >= 15 is 0 Å². The Bertz CT molecular complexity index is 1280. The number of urea groups is 1. The number of rotatable bonds is 9. The zero-order chi connectivity index (χ0) is 26.4. The van der Waals surface area contributed by atoms with Crippen molar-refractivity contribution < 1.29 is 28.7 Å².